The fourth-order valence-corrected chi connectivity index (χ4v) is 2.95. The molecule has 0 spiro atoms. The van der Waals surface area contributed by atoms with E-state index in [1.807, 2.05) is 13.8 Å². The predicted octanol–water partition coefficient (Wildman–Crippen LogP) is 2.68. The molecule has 0 aromatic carbocycles. The third-order valence-electron chi connectivity index (χ3n) is 3.76. The first-order valence-corrected chi connectivity index (χ1v) is 6.18. The van der Waals surface area contributed by atoms with Crippen molar-refractivity contribution in [3.8, 4) is 0 Å². The van der Waals surface area contributed by atoms with Crippen molar-refractivity contribution < 1.29 is 13.5 Å². The van der Waals surface area contributed by atoms with Crippen molar-refractivity contribution in [3.05, 3.63) is 0 Å². The third-order valence-corrected chi connectivity index (χ3v) is 3.76. The van der Waals surface area contributed by atoms with Gasteiger partial charge in [0.25, 0.3) is 5.92 Å². The highest BCUT2D eigenvalue weighted by atomic mass is 19.3. The van der Waals surface area contributed by atoms with E-state index in [4.69, 9.17) is 4.74 Å². The van der Waals surface area contributed by atoms with Crippen LogP contribution in [0.4, 0.5) is 8.78 Å². The number of nitrogens with zero attached hydrogens (tertiary/aromatic N) is 1. The average Bonchev–Trinajstić information content (AvgIpc) is 2.56. The predicted molar refractivity (Wildman–Crippen MR) is 58.8 cm³/mol. The van der Waals surface area contributed by atoms with Crippen LogP contribution in [-0.4, -0.2) is 42.2 Å². The molecular weight excluding hydrogens is 212 g/mol. The van der Waals surface area contributed by atoms with Gasteiger partial charge in [0.2, 0.25) is 0 Å². The van der Waals surface area contributed by atoms with Gasteiger partial charge in [-0.15, -0.1) is 0 Å². The molecule has 0 aromatic rings. The van der Waals surface area contributed by atoms with Crippen LogP contribution in [-0.2, 0) is 4.74 Å². The summed E-state index contributed by atoms with van der Waals surface area (Å²) < 4.78 is 32.7. The average molecular weight is 233 g/mol. The van der Waals surface area contributed by atoms with Crippen LogP contribution in [0.1, 0.15) is 39.5 Å². The van der Waals surface area contributed by atoms with Crippen LogP contribution >= 0.6 is 0 Å². The molecule has 2 aliphatic rings. The van der Waals surface area contributed by atoms with Gasteiger partial charge in [-0.1, -0.05) is 0 Å². The van der Waals surface area contributed by atoms with Gasteiger partial charge < -0.3 is 4.74 Å². The van der Waals surface area contributed by atoms with Gasteiger partial charge in [-0.25, -0.2) is 8.78 Å². The van der Waals surface area contributed by atoms with Gasteiger partial charge in [0, 0.05) is 19.4 Å². The summed E-state index contributed by atoms with van der Waals surface area (Å²) in [4.78, 5) is 2.22. The fourth-order valence-electron chi connectivity index (χ4n) is 2.95. The smallest absolute Gasteiger partial charge is 0.251 e. The van der Waals surface area contributed by atoms with Gasteiger partial charge in [0.15, 0.2) is 0 Å². The van der Waals surface area contributed by atoms with Gasteiger partial charge in [-0.3, -0.25) is 4.90 Å². The summed E-state index contributed by atoms with van der Waals surface area (Å²) in [6.45, 7) is 5.85. The van der Waals surface area contributed by atoms with E-state index in [1.54, 1.807) is 0 Å². The monoisotopic (exact) mass is 233 g/mol. The number of ether oxygens (including phenoxy) is 1. The van der Waals surface area contributed by atoms with E-state index < -0.39 is 5.92 Å². The highest BCUT2D eigenvalue weighted by Crippen LogP contribution is 2.44. The van der Waals surface area contributed by atoms with Gasteiger partial charge in [-0.05, 0) is 33.2 Å². The minimum atomic E-state index is -2.50. The molecule has 0 radical (unpaired) electrons. The lowest BCUT2D eigenvalue weighted by Gasteiger charge is -2.45. The molecule has 0 N–H and O–H groups in total. The summed E-state index contributed by atoms with van der Waals surface area (Å²) >= 11 is 0. The number of hydrogen-bond acceptors (Lipinski definition) is 2. The van der Waals surface area contributed by atoms with Crippen LogP contribution in [0.3, 0.4) is 0 Å². The second kappa shape index (κ2) is 4.22. The van der Waals surface area contributed by atoms with E-state index in [1.165, 1.54) is 0 Å². The second-order valence-electron chi connectivity index (χ2n) is 5.46. The summed E-state index contributed by atoms with van der Waals surface area (Å²) in [7, 11) is 0. The normalized spacial score (nSPS) is 34.3. The van der Waals surface area contributed by atoms with Crippen molar-refractivity contribution in [2.45, 2.75) is 57.1 Å². The summed E-state index contributed by atoms with van der Waals surface area (Å²) in [6.07, 6.45) is 1.99. The molecule has 0 aliphatic carbocycles. The molecule has 2 saturated heterocycles. The first-order chi connectivity index (χ1) is 7.44. The molecule has 94 valence electrons. The SMILES string of the molecule is CC(C)OC[C@@]12CCCN1CCC(F)(F)C2. The van der Waals surface area contributed by atoms with Crippen molar-refractivity contribution in [1.29, 1.82) is 0 Å². The maximum Gasteiger partial charge on any atom is 0.251 e. The Bertz CT molecular complexity index is 257. The lowest BCUT2D eigenvalue weighted by molar-refractivity contribution is -0.127. The first-order valence-electron chi connectivity index (χ1n) is 6.18. The van der Waals surface area contributed by atoms with Crippen LogP contribution in [0.5, 0.6) is 0 Å². The highest BCUT2D eigenvalue weighted by Gasteiger charge is 2.52. The Balaban J connectivity index is 2.07. The molecule has 2 heterocycles. The molecule has 2 fully saturated rings. The second-order valence-corrected chi connectivity index (χ2v) is 5.46. The maximum atomic E-state index is 13.5. The highest BCUT2D eigenvalue weighted by molar-refractivity contribution is 5.02. The fraction of sp³-hybridized carbons (Fsp3) is 1.00. The molecule has 2 nitrogen and oxygen atoms in total. The van der Waals surface area contributed by atoms with Crippen LogP contribution in [0, 0.1) is 0 Å². The Kier molecular flexibility index (Phi) is 3.23. The molecule has 1 atom stereocenters. The Labute approximate surface area is 95.9 Å². The third kappa shape index (κ3) is 2.38. The van der Waals surface area contributed by atoms with E-state index in [0.29, 0.717) is 13.2 Å². The maximum absolute atomic E-state index is 13.5. The zero-order chi connectivity index (χ0) is 11.8. The molecule has 4 heteroatoms. The van der Waals surface area contributed by atoms with E-state index in [2.05, 4.69) is 4.90 Å². The lowest BCUT2D eigenvalue weighted by atomic mass is 9.85. The quantitative estimate of drug-likeness (QED) is 0.743. The van der Waals surface area contributed by atoms with Crippen LogP contribution in [0.25, 0.3) is 0 Å². The zero-order valence-corrected chi connectivity index (χ0v) is 10.1. The molecule has 0 bridgehead atoms. The summed E-state index contributed by atoms with van der Waals surface area (Å²) in [5.41, 5.74) is -0.383. The molecule has 2 rings (SSSR count). The van der Waals surface area contributed by atoms with Crippen molar-refractivity contribution in [1.82, 2.24) is 4.90 Å². The largest absolute Gasteiger partial charge is 0.377 e. The number of piperidine rings is 1. The zero-order valence-electron chi connectivity index (χ0n) is 10.1. The van der Waals surface area contributed by atoms with Gasteiger partial charge in [-0.2, -0.15) is 0 Å². The minimum Gasteiger partial charge on any atom is -0.377 e. The van der Waals surface area contributed by atoms with Crippen molar-refractivity contribution in [2.75, 3.05) is 19.7 Å². The van der Waals surface area contributed by atoms with Gasteiger partial charge in [0.05, 0.1) is 18.2 Å². The van der Waals surface area contributed by atoms with Crippen LogP contribution < -0.4 is 0 Å². The standard InChI is InChI=1S/C12H21F2NO/c1-10(2)16-9-11-4-3-6-15(11)7-5-12(13,14)8-11/h10H,3-9H2,1-2H3/t11-/m0/s1. The van der Waals surface area contributed by atoms with Crippen molar-refractivity contribution in [3.63, 3.8) is 0 Å². The van der Waals surface area contributed by atoms with E-state index in [0.717, 1.165) is 19.4 Å². The van der Waals surface area contributed by atoms with Gasteiger partial charge in [0.1, 0.15) is 0 Å². The molecule has 0 saturated carbocycles. The molecular formula is C12H21F2NO. The molecule has 0 unspecified atom stereocenters. The van der Waals surface area contributed by atoms with E-state index in [-0.39, 0.29) is 24.5 Å². The van der Waals surface area contributed by atoms with Gasteiger partial charge >= 0.3 is 0 Å². The van der Waals surface area contributed by atoms with Crippen LogP contribution in [0.2, 0.25) is 0 Å². The van der Waals surface area contributed by atoms with Crippen LogP contribution in [0.15, 0.2) is 0 Å². The number of halogens is 2. The first kappa shape index (κ1) is 12.2. The lowest BCUT2D eigenvalue weighted by Crippen LogP contribution is -2.56. The van der Waals surface area contributed by atoms with E-state index in [9.17, 15) is 8.78 Å². The topological polar surface area (TPSA) is 12.5 Å². The van der Waals surface area contributed by atoms with E-state index >= 15 is 0 Å². The summed E-state index contributed by atoms with van der Waals surface area (Å²) in [6, 6.07) is 0. The minimum absolute atomic E-state index is 0.0103. The Morgan fingerprint density at radius 1 is 1.25 bits per heavy atom. The Morgan fingerprint density at radius 3 is 2.69 bits per heavy atom. The number of hydrogen-bond donors (Lipinski definition) is 0. The number of fused-ring (bicyclic) bond motifs is 1. The number of alkyl halides is 2. The molecule has 2 aliphatic heterocycles. The Hall–Kier alpha value is -0.220. The molecule has 0 aromatic heterocycles. The van der Waals surface area contributed by atoms with Crippen molar-refractivity contribution in [2.24, 2.45) is 0 Å². The summed E-state index contributed by atoms with van der Waals surface area (Å²) in [5.74, 6) is -2.50. The molecule has 0 amide bonds. The van der Waals surface area contributed by atoms with Crippen molar-refractivity contribution >= 4 is 0 Å². The number of rotatable bonds is 3. The molecule has 16 heavy (non-hydrogen) atoms. The summed E-state index contributed by atoms with van der Waals surface area (Å²) in [5, 5.41) is 0. The Morgan fingerprint density at radius 2 is 2.00 bits per heavy atom.